The van der Waals surface area contributed by atoms with Crippen LogP contribution in [-0.4, -0.2) is 46.5 Å². The molecule has 1 rings (SSSR count). The number of unbranched alkanes of at least 4 members (excludes halogenated alkanes) is 9. The quantitative estimate of drug-likeness (QED) is 0.264. The van der Waals surface area contributed by atoms with Crippen LogP contribution < -0.4 is 0 Å². The number of hydrogen-bond donors (Lipinski definition) is 2. The van der Waals surface area contributed by atoms with E-state index in [4.69, 9.17) is 0 Å². The van der Waals surface area contributed by atoms with Crippen LogP contribution in [0.5, 0.6) is 0 Å². The highest BCUT2D eigenvalue weighted by Gasteiger charge is 2.30. The summed E-state index contributed by atoms with van der Waals surface area (Å²) in [5.41, 5.74) is 1.29. The molecule has 2 N–H and O–H groups in total. The van der Waals surface area contributed by atoms with E-state index in [9.17, 15) is 10.2 Å². The third-order valence-corrected chi connectivity index (χ3v) is 5.65. The fourth-order valence-corrected chi connectivity index (χ4v) is 4.49. The standard InChI is InChI=1S/C25H46NO2/c1-4-5-6-7-8-9-10-11-12-16-19-26(20-23(2)27,21-24(3)28)22-25-17-14-13-15-18-25/h13-15,17-18,23-24,27-28H,4-12,16,19-22H2,1-3H3/q+1/t23-,24+,26?. The molecule has 162 valence electrons. The van der Waals surface area contributed by atoms with Crippen molar-refractivity contribution < 1.29 is 14.7 Å². The summed E-state index contributed by atoms with van der Waals surface area (Å²) in [5, 5.41) is 20.3. The number of rotatable bonds is 17. The van der Waals surface area contributed by atoms with Crippen LogP contribution in [0.15, 0.2) is 30.3 Å². The molecule has 0 amide bonds. The van der Waals surface area contributed by atoms with Gasteiger partial charge in [0.05, 0.1) is 6.54 Å². The minimum absolute atomic E-state index is 0.356. The van der Waals surface area contributed by atoms with Gasteiger partial charge in [-0.3, -0.25) is 0 Å². The molecule has 0 aliphatic carbocycles. The molecule has 0 bridgehead atoms. The normalized spacial score (nSPS) is 15.9. The molecule has 1 aromatic carbocycles. The van der Waals surface area contributed by atoms with Gasteiger partial charge >= 0.3 is 0 Å². The number of quaternary nitrogens is 1. The van der Waals surface area contributed by atoms with E-state index in [1.807, 2.05) is 19.9 Å². The van der Waals surface area contributed by atoms with Crippen LogP contribution in [0.3, 0.4) is 0 Å². The maximum atomic E-state index is 10.1. The Kier molecular flexibility index (Phi) is 13.5. The van der Waals surface area contributed by atoms with Gasteiger partial charge in [0, 0.05) is 5.56 Å². The van der Waals surface area contributed by atoms with Crippen molar-refractivity contribution in [3.05, 3.63) is 35.9 Å². The second-order valence-electron chi connectivity index (χ2n) is 8.95. The Morgan fingerprint density at radius 1 is 0.714 bits per heavy atom. The van der Waals surface area contributed by atoms with E-state index < -0.39 is 0 Å². The van der Waals surface area contributed by atoms with Crippen LogP contribution in [0.25, 0.3) is 0 Å². The molecule has 0 fully saturated rings. The molecule has 0 heterocycles. The van der Waals surface area contributed by atoms with Gasteiger partial charge in [0.1, 0.15) is 31.8 Å². The van der Waals surface area contributed by atoms with Gasteiger partial charge in [-0.2, -0.15) is 0 Å². The summed E-state index contributed by atoms with van der Waals surface area (Å²) in [7, 11) is 0. The number of nitrogens with zero attached hydrogens (tertiary/aromatic N) is 1. The van der Waals surface area contributed by atoms with Crippen LogP contribution in [0.4, 0.5) is 0 Å². The lowest BCUT2D eigenvalue weighted by molar-refractivity contribution is -0.946. The molecule has 1 aromatic rings. The van der Waals surface area contributed by atoms with Crippen molar-refractivity contribution in [2.24, 2.45) is 0 Å². The van der Waals surface area contributed by atoms with E-state index in [1.165, 1.54) is 69.8 Å². The molecule has 0 saturated heterocycles. The first-order valence-corrected chi connectivity index (χ1v) is 11.7. The van der Waals surface area contributed by atoms with Gasteiger partial charge < -0.3 is 14.7 Å². The first-order chi connectivity index (χ1) is 13.5. The molecule has 0 spiro atoms. The molecule has 0 aliphatic rings. The number of aliphatic hydroxyl groups excluding tert-OH is 2. The average Bonchev–Trinajstić information content (AvgIpc) is 2.63. The Morgan fingerprint density at radius 3 is 1.64 bits per heavy atom. The maximum absolute atomic E-state index is 10.1. The van der Waals surface area contributed by atoms with Gasteiger partial charge in [-0.15, -0.1) is 0 Å². The van der Waals surface area contributed by atoms with E-state index in [-0.39, 0.29) is 12.2 Å². The molecule has 3 atom stereocenters. The van der Waals surface area contributed by atoms with Gasteiger partial charge in [-0.05, 0) is 26.7 Å². The predicted molar refractivity (Wildman–Crippen MR) is 120 cm³/mol. The second-order valence-corrected chi connectivity index (χ2v) is 8.95. The Labute approximate surface area is 174 Å². The lowest BCUT2D eigenvalue weighted by Crippen LogP contribution is -2.54. The molecule has 0 saturated carbocycles. The molecule has 0 aromatic heterocycles. The molecule has 0 aliphatic heterocycles. The second kappa shape index (κ2) is 15.0. The van der Waals surface area contributed by atoms with Crippen molar-refractivity contribution >= 4 is 0 Å². The van der Waals surface area contributed by atoms with Crippen molar-refractivity contribution in [2.45, 2.75) is 104 Å². The number of benzene rings is 1. The summed E-state index contributed by atoms with van der Waals surface area (Å²) >= 11 is 0. The third kappa shape index (κ3) is 11.8. The molecule has 1 unspecified atom stereocenters. The van der Waals surface area contributed by atoms with Gasteiger partial charge in [-0.25, -0.2) is 0 Å². The zero-order valence-corrected chi connectivity index (χ0v) is 18.8. The molecule has 28 heavy (non-hydrogen) atoms. The van der Waals surface area contributed by atoms with E-state index in [1.54, 1.807) is 0 Å². The van der Waals surface area contributed by atoms with Crippen molar-refractivity contribution in [1.82, 2.24) is 0 Å². The van der Waals surface area contributed by atoms with Crippen molar-refractivity contribution in [3.8, 4) is 0 Å². The first-order valence-electron chi connectivity index (χ1n) is 11.7. The van der Waals surface area contributed by atoms with Crippen molar-refractivity contribution in [2.75, 3.05) is 19.6 Å². The zero-order valence-electron chi connectivity index (χ0n) is 18.8. The lowest BCUT2D eigenvalue weighted by Gasteiger charge is -2.41. The number of aliphatic hydroxyl groups is 2. The summed E-state index contributed by atoms with van der Waals surface area (Å²) in [6.07, 6.45) is 12.6. The Bertz CT molecular complexity index is 463. The van der Waals surface area contributed by atoms with Crippen LogP contribution in [0.2, 0.25) is 0 Å². The van der Waals surface area contributed by atoms with Gasteiger partial charge in [0.15, 0.2) is 0 Å². The molecular weight excluding hydrogens is 346 g/mol. The molecular formula is C25H46NO2+. The maximum Gasteiger partial charge on any atom is 0.105 e. The average molecular weight is 393 g/mol. The fraction of sp³-hybridized carbons (Fsp3) is 0.760. The SMILES string of the molecule is CCCCCCCCCCCC[N+](Cc1ccccc1)(C[C@H](C)O)C[C@@H](C)O. The molecule has 3 nitrogen and oxygen atoms in total. The van der Waals surface area contributed by atoms with E-state index in [0.29, 0.717) is 13.1 Å². The Hall–Kier alpha value is -0.900. The smallest absolute Gasteiger partial charge is 0.105 e. The van der Waals surface area contributed by atoms with Crippen molar-refractivity contribution in [3.63, 3.8) is 0 Å². The Balaban J connectivity index is 2.48. The van der Waals surface area contributed by atoms with Gasteiger partial charge in [0.2, 0.25) is 0 Å². The Morgan fingerprint density at radius 2 is 1.18 bits per heavy atom. The summed E-state index contributed by atoms with van der Waals surface area (Å²) < 4.78 is 0.774. The van der Waals surface area contributed by atoms with E-state index in [0.717, 1.165) is 17.6 Å². The zero-order chi connectivity index (χ0) is 20.7. The lowest BCUT2D eigenvalue weighted by atomic mass is 10.1. The number of hydrogen-bond acceptors (Lipinski definition) is 2. The predicted octanol–water partition coefficient (Wildman–Crippen LogP) is 5.69. The van der Waals surface area contributed by atoms with Crippen LogP contribution in [-0.2, 0) is 6.54 Å². The highest BCUT2D eigenvalue weighted by Crippen LogP contribution is 2.20. The molecule has 3 heteroatoms. The minimum Gasteiger partial charge on any atom is -0.388 e. The van der Waals surface area contributed by atoms with Crippen LogP contribution in [0.1, 0.15) is 90.5 Å². The van der Waals surface area contributed by atoms with Gasteiger partial charge in [0.25, 0.3) is 0 Å². The van der Waals surface area contributed by atoms with Crippen LogP contribution >= 0.6 is 0 Å². The minimum atomic E-state index is -0.356. The third-order valence-electron chi connectivity index (χ3n) is 5.65. The van der Waals surface area contributed by atoms with E-state index >= 15 is 0 Å². The van der Waals surface area contributed by atoms with Crippen LogP contribution in [0, 0.1) is 0 Å². The topological polar surface area (TPSA) is 40.5 Å². The highest BCUT2D eigenvalue weighted by molar-refractivity contribution is 5.13. The molecule has 0 radical (unpaired) electrons. The monoisotopic (exact) mass is 392 g/mol. The summed E-state index contributed by atoms with van der Waals surface area (Å²) in [5.74, 6) is 0. The highest BCUT2D eigenvalue weighted by atomic mass is 16.3. The summed E-state index contributed by atoms with van der Waals surface area (Å²) in [6, 6.07) is 10.5. The van der Waals surface area contributed by atoms with E-state index in [2.05, 4.69) is 31.2 Å². The first kappa shape index (κ1) is 25.1. The van der Waals surface area contributed by atoms with Gasteiger partial charge in [-0.1, -0.05) is 88.6 Å². The largest absolute Gasteiger partial charge is 0.388 e. The van der Waals surface area contributed by atoms with Crippen molar-refractivity contribution in [1.29, 1.82) is 0 Å². The summed E-state index contributed by atoms with van der Waals surface area (Å²) in [4.78, 5) is 0. The summed E-state index contributed by atoms with van der Waals surface area (Å²) in [6.45, 7) is 9.34. The fourth-order valence-electron chi connectivity index (χ4n) is 4.49.